The Balaban J connectivity index is 1.51. The van der Waals surface area contributed by atoms with E-state index in [9.17, 15) is 10.1 Å². The van der Waals surface area contributed by atoms with Crippen LogP contribution in [0.5, 0.6) is 0 Å². The summed E-state index contributed by atoms with van der Waals surface area (Å²) < 4.78 is 17.5. The average Bonchev–Trinajstić information content (AvgIpc) is 2.87. The second-order valence-corrected chi connectivity index (χ2v) is 13.2. The van der Waals surface area contributed by atoms with Gasteiger partial charge >= 0.3 is 6.09 Å². The van der Waals surface area contributed by atoms with E-state index < -0.39 is 11.7 Å². The molecular weight excluding hydrogens is 524 g/mol. The fraction of sp³-hybridized carbons (Fsp3) is 0.581. The average molecular weight is 567 g/mol. The summed E-state index contributed by atoms with van der Waals surface area (Å²) in [5.74, 6) is 2.07. The molecule has 1 fully saturated rings. The Labute approximate surface area is 242 Å². The molecule has 1 aromatic carbocycles. The van der Waals surface area contributed by atoms with Gasteiger partial charge in [0.05, 0.1) is 30.5 Å². The zero-order valence-electron chi connectivity index (χ0n) is 24.7. The number of carbonyl (C=O) groups excluding carboxylic acids is 1. The lowest BCUT2D eigenvalue weighted by Crippen LogP contribution is -2.46. The monoisotopic (exact) mass is 566 g/mol. The van der Waals surface area contributed by atoms with Gasteiger partial charge in [-0.25, -0.2) is 9.78 Å². The minimum atomic E-state index is -0.547. The highest BCUT2D eigenvalue weighted by atomic mass is 32.2. The fourth-order valence-electron chi connectivity index (χ4n) is 5.16. The third-order valence-corrected chi connectivity index (χ3v) is 7.98. The van der Waals surface area contributed by atoms with E-state index in [0.717, 1.165) is 59.2 Å². The number of rotatable bonds is 7. The Morgan fingerprint density at radius 2 is 1.88 bits per heavy atom. The van der Waals surface area contributed by atoms with Crippen LogP contribution in [0.2, 0.25) is 0 Å². The van der Waals surface area contributed by atoms with Gasteiger partial charge in [0.2, 0.25) is 0 Å². The van der Waals surface area contributed by atoms with Crippen molar-refractivity contribution in [2.45, 2.75) is 96.9 Å². The maximum atomic E-state index is 12.1. The molecule has 3 atom stereocenters. The molecule has 40 heavy (non-hydrogen) atoms. The number of anilines is 2. The van der Waals surface area contributed by atoms with E-state index >= 15 is 0 Å². The van der Waals surface area contributed by atoms with Gasteiger partial charge < -0.3 is 19.1 Å². The molecule has 1 amide bonds. The number of fused-ring (bicyclic) bond motifs is 1. The van der Waals surface area contributed by atoms with Crippen LogP contribution in [0.15, 0.2) is 29.3 Å². The number of aromatic nitrogens is 1. The molecule has 3 heterocycles. The molecule has 2 aliphatic rings. The Kier molecular flexibility index (Phi) is 9.65. The Bertz CT molecular complexity index is 1230. The number of morpholine rings is 1. The number of nitriles is 1. The molecular formula is C31H42N4O4S. The Morgan fingerprint density at radius 1 is 1.20 bits per heavy atom. The quantitative estimate of drug-likeness (QED) is 0.388. The number of pyridine rings is 1. The van der Waals surface area contributed by atoms with Gasteiger partial charge in [-0.1, -0.05) is 26.0 Å². The van der Waals surface area contributed by atoms with E-state index in [-0.39, 0.29) is 18.3 Å². The molecule has 1 saturated heterocycles. The van der Waals surface area contributed by atoms with Crippen molar-refractivity contribution >= 4 is 29.4 Å². The van der Waals surface area contributed by atoms with Crippen molar-refractivity contribution in [2.24, 2.45) is 5.92 Å². The van der Waals surface area contributed by atoms with Crippen molar-refractivity contribution in [1.82, 2.24) is 4.98 Å². The summed E-state index contributed by atoms with van der Waals surface area (Å²) in [7, 11) is 0. The maximum Gasteiger partial charge on any atom is 0.412 e. The van der Waals surface area contributed by atoms with Crippen LogP contribution < -0.4 is 10.2 Å². The number of hydrogen-bond donors (Lipinski definition) is 1. The predicted molar refractivity (Wildman–Crippen MR) is 159 cm³/mol. The van der Waals surface area contributed by atoms with Crippen LogP contribution in [0.3, 0.4) is 0 Å². The van der Waals surface area contributed by atoms with E-state index in [1.165, 1.54) is 0 Å². The number of nitrogens with zero attached hydrogens (tertiary/aromatic N) is 3. The molecule has 0 spiro atoms. The zero-order chi connectivity index (χ0) is 29.0. The van der Waals surface area contributed by atoms with Crippen molar-refractivity contribution in [2.75, 3.05) is 29.1 Å². The highest BCUT2D eigenvalue weighted by molar-refractivity contribution is 7.99. The largest absolute Gasteiger partial charge is 0.444 e. The molecule has 4 rings (SSSR count). The van der Waals surface area contributed by atoms with E-state index in [2.05, 4.69) is 44.0 Å². The van der Waals surface area contributed by atoms with Gasteiger partial charge in [-0.05, 0) is 70.2 Å². The summed E-state index contributed by atoms with van der Waals surface area (Å²) in [6.07, 6.45) is 1.36. The van der Waals surface area contributed by atoms with E-state index in [1.54, 1.807) is 11.8 Å². The van der Waals surface area contributed by atoms with Crippen molar-refractivity contribution in [3.05, 3.63) is 46.5 Å². The number of carbonyl (C=O) groups is 1. The lowest BCUT2D eigenvalue weighted by atomic mass is 9.91. The summed E-state index contributed by atoms with van der Waals surface area (Å²) >= 11 is 1.63. The van der Waals surface area contributed by atoms with Crippen LogP contribution in [0.25, 0.3) is 0 Å². The first kappa shape index (κ1) is 30.2. The van der Waals surface area contributed by atoms with E-state index in [4.69, 9.17) is 19.2 Å². The van der Waals surface area contributed by atoms with Crippen LogP contribution in [-0.4, -0.2) is 53.8 Å². The third kappa shape index (κ3) is 7.68. The highest BCUT2D eigenvalue weighted by Crippen LogP contribution is 2.38. The van der Waals surface area contributed by atoms with Gasteiger partial charge in [0.15, 0.2) is 0 Å². The second kappa shape index (κ2) is 12.8. The highest BCUT2D eigenvalue weighted by Gasteiger charge is 2.33. The molecule has 1 N–H and O–H groups in total. The first-order valence-corrected chi connectivity index (χ1v) is 15.1. The van der Waals surface area contributed by atoms with Gasteiger partial charge in [0.25, 0.3) is 0 Å². The van der Waals surface area contributed by atoms with Gasteiger partial charge in [0, 0.05) is 36.5 Å². The Hall–Kier alpha value is -2.80. The number of amides is 1. The molecule has 0 aliphatic carbocycles. The summed E-state index contributed by atoms with van der Waals surface area (Å²) in [5.41, 5.74) is 4.10. The molecule has 216 valence electrons. The van der Waals surface area contributed by atoms with Crippen molar-refractivity contribution in [3.8, 4) is 6.07 Å². The van der Waals surface area contributed by atoms with Crippen LogP contribution in [0.4, 0.5) is 16.3 Å². The maximum absolute atomic E-state index is 12.1. The first-order chi connectivity index (χ1) is 18.9. The minimum absolute atomic E-state index is 0.0861. The van der Waals surface area contributed by atoms with Crippen LogP contribution in [0, 0.1) is 17.2 Å². The van der Waals surface area contributed by atoms with Gasteiger partial charge in [-0.15, -0.1) is 11.8 Å². The molecule has 3 unspecified atom stereocenters. The zero-order valence-corrected chi connectivity index (χ0v) is 25.6. The van der Waals surface area contributed by atoms with Gasteiger partial charge in [-0.2, -0.15) is 5.26 Å². The fourth-order valence-corrected chi connectivity index (χ4v) is 6.16. The summed E-state index contributed by atoms with van der Waals surface area (Å²) in [4.78, 5) is 19.5. The molecule has 0 bridgehead atoms. The number of ether oxygens (including phenoxy) is 3. The van der Waals surface area contributed by atoms with Crippen LogP contribution in [-0.2, 0) is 33.7 Å². The molecule has 2 aromatic rings. The molecule has 0 saturated carbocycles. The molecule has 9 heteroatoms. The molecule has 2 aliphatic heterocycles. The first-order valence-electron chi connectivity index (χ1n) is 14.1. The van der Waals surface area contributed by atoms with Crippen molar-refractivity contribution < 1.29 is 19.0 Å². The number of nitrogens with one attached hydrogen (secondary N) is 1. The minimum Gasteiger partial charge on any atom is -0.444 e. The summed E-state index contributed by atoms with van der Waals surface area (Å²) in [5, 5.41) is 13.8. The number of aryl methyl sites for hydroxylation is 1. The van der Waals surface area contributed by atoms with E-state index in [0.29, 0.717) is 23.8 Å². The lowest BCUT2D eigenvalue weighted by Gasteiger charge is -2.39. The lowest BCUT2D eigenvalue weighted by molar-refractivity contribution is -0.00820. The molecule has 0 radical (unpaired) electrons. The SMILES string of the molecule is CC1CN(c2nc(SCCc3ccc(NC(=O)OC(C)(C)C)cc3)c(C#N)c3c2COC(C(C)C)C3)CC(C)O1. The van der Waals surface area contributed by atoms with Crippen molar-refractivity contribution in [1.29, 1.82) is 5.26 Å². The number of benzene rings is 1. The number of hydrogen-bond acceptors (Lipinski definition) is 8. The van der Waals surface area contributed by atoms with Gasteiger partial charge in [0.1, 0.15) is 22.5 Å². The second-order valence-electron chi connectivity index (χ2n) is 12.1. The third-order valence-electron chi connectivity index (χ3n) is 7.01. The summed E-state index contributed by atoms with van der Waals surface area (Å²) in [6.45, 7) is 16.0. The predicted octanol–water partition coefficient (Wildman–Crippen LogP) is 6.35. The van der Waals surface area contributed by atoms with Crippen LogP contribution in [0.1, 0.15) is 70.7 Å². The normalized spacial score (nSPS) is 21.1. The van der Waals surface area contributed by atoms with E-state index in [1.807, 2.05) is 45.0 Å². The van der Waals surface area contributed by atoms with Gasteiger partial charge in [-0.3, -0.25) is 5.32 Å². The molecule has 1 aromatic heterocycles. The number of thioether (sulfide) groups is 1. The van der Waals surface area contributed by atoms with Crippen molar-refractivity contribution in [3.63, 3.8) is 0 Å². The van der Waals surface area contributed by atoms with Crippen LogP contribution >= 0.6 is 11.8 Å². The summed E-state index contributed by atoms with van der Waals surface area (Å²) in [6, 6.07) is 10.3. The Morgan fingerprint density at radius 3 is 2.48 bits per heavy atom. The standard InChI is InChI=1S/C31H42N4O4S/c1-19(2)27-14-24-25(15-32)29(34-28(26(24)18-37-27)35-16-20(3)38-21(4)17-35)40-13-12-22-8-10-23(11-9-22)33-30(36)39-31(5,6)7/h8-11,19-21,27H,12-14,16-18H2,1-7H3,(H,33,36). The smallest absolute Gasteiger partial charge is 0.412 e. The molecule has 8 nitrogen and oxygen atoms in total. The topological polar surface area (TPSA) is 96.7 Å².